The molecule has 3 aromatic carbocycles. The van der Waals surface area contributed by atoms with Crippen molar-refractivity contribution in [1.29, 1.82) is 0 Å². The lowest BCUT2D eigenvalue weighted by atomic mass is 10.1. The third kappa shape index (κ3) is 7.27. The van der Waals surface area contributed by atoms with Crippen LogP contribution in [0.5, 0.6) is 0 Å². The van der Waals surface area contributed by atoms with E-state index in [9.17, 15) is 24.1 Å². The normalized spacial score (nSPS) is 22.1. The minimum absolute atomic E-state index is 0.128. The summed E-state index contributed by atoms with van der Waals surface area (Å²) >= 11 is 0. The lowest BCUT2D eigenvalue weighted by Crippen LogP contribution is -2.50. The Labute approximate surface area is 236 Å². The van der Waals surface area contributed by atoms with Gasteiger partial charge in [-0.15, -0.1) is 0 Å². The molecule has 41 heavy (non-hydrogen) atoms. The fourth-order valence-electron chi connectivity index (χ4n) is 4.22. The SMILES string of the molecule is COP(=O)(C[C@]1(O)O[C@@H](COC(=O)c2ccccc2)[C@H](OC(=O)c2ccccc2)C1OC(=O)c1ccccc1)OC. The van der Waals surface area contributed by atoms with Crippen LogP contribution < -0.4 is 0 Å². The van der Waals surface area contributed by atoms with Gasteiger partial charge >= 0.3 is 25.5 Å². The summed E-state index contributed by atoms with van der Waals surface area (Å²) in [5, 5.41) is 11.7. The van der Waals surface area contributed by atoms with Crippen LogP contribution in [0.15, 0.2) is 91.0 Å². The topological polar surface area (TPSA) is 144 Å². The summed E-state index contributed by atoms with van der Waals surface area (Å²) < 4.78 is 45.7. The number of ether oxygens (including phenoxy) is 4. The van der Waals surface area contributed by atoms with E-state index in [1.165, 1.54) is 24.3 Å². The highest BCUT2D eigenvalue weighted by Crippen LogP contribution is 2.52. The zero-order valence-corrected chi connectivity index (χ0v) is 23.2. The molecule has 4 rings (SSSR count). The molecule has 4 atom stereocenters. The Bertz CT molecular complexity index is 1380. The zero-order chi connectivity index (χ0) is 29.5. The average Bonchev–Trinajstić information content (AvgIpc) is 3.26. The number of hydrogen-bond acceptors (Lipinski definition) is 11. The van der Waals surface area contributed by atoms with E-state index in [1.807, 2.05) is 0 Å². The molecule has 1 aliphatic rings. The first-order valence-corrected chi connectivity index (χ1v) is 14.3. The Balaban J connectivity index is 1.69. The molecule has 12 heteroatoms. The van der Waals surface area contributed by atoms with Crippen molar-refractivity contribution in [3.63, 3.8) is 0 Å². The second-order valence-electron chi connectivity index (χ2n) is 9.03. The molecule has 0 aromatic heterocycles. The van der Waals surface area contributed by atoms with E-state index in [2.05, 4.69) is 0 Å². The number of hydrogen-bond donors (Lipinski definition) is 1. The first-order chi connectivity index (χ1) is 19.7. The van der Waals surface area contributed by atoms with Gasteiger partial charge in [-0.2, -0.15) is 0 Å². The minimum atomic E-state index is -3.99. The van der Waals surface area contributed by atoms with Gasteiger partial charge in [0.15, 0.2) is 12.2 Å². The minimum Gasteiger partial charge on any atom is -0.459 e. The molecule has 216 valence electrons. The predicted molar refractivity (Wildman–Crippen MR) is 144 cm³/mol. The van der Waals surface area contributed by atoms with Crippen LogP contribution in [0.4, 0.5) is 0 Å². The van der Waals surface area contributed by atoms with Crippen molar-refractivity contribution in [1.82, 2.24) is 0 Å². The van der Waals surface area contributed by atoms with Crippen LogP contribution in [0.2, 0.25) is 0 Å². The van der Waals surface area contributed by atoms with Gasteiger partial charge in [0.25, 0.3) is 0 Å². The van der Waals surface area contributed by atoms with Gasteiger partial charge in [0.1, 0.15) is 18.9 Å². The Morgan fingerprint density at radius 2 is 1.20 bits per heavy atom. The molecule has 3 aromatic rings. The molecule has 1 saturated heterocycles. The summed E-state index contributed by atoms with van der Waals surface area (Å²) in [5.74, 6) is -4.97. The standard InChI is InChI=1S/C29H29O11P/c1-35-41(34,36-2)19-29(33)25(39-28(32)22-16-10-5-11-17-22)24(38-27(31)21-14-8-4-9-15-21)23(40-29)18-37-26(30)20-12-6-3-7-13-20/h3-17,23-25,33H,18-19H2,1-2H3/t23-,24-,25?,29-/m0/s1. The van der Waals surface area contributed by atoms with Gasteiger partial charge in [-0.1, -0.05) is 54.6 Å². The number of esters is 3. The van der Waals surface area contributed by atoms with E-state index >= 15 is 0 Å². The maximum absolute atomic E-state index is 13.1. The molecule has 0 bridgehead atoms. The van der Waals surface area contributed by atoms with Crippen LogP contribution in [0, 0.1) is 0 Å². The van der Waals surface area contributed by atoms with E-state index in [0.717, 1.165) is 14.2 Å². The lowest BCUT2D eigenvalue weighted by Gasteiger charge is -2.31. The van der Waals surface area contributed by atoms with Gasteiger partial charge < -0.3 is 33.1 Å². The van der Waals surface area contributed by atoms with Crippen LogP contribution >= 0.6 is 7.60 Å². The lowest BCUT2D eigenvalue weighted by molar-refractivity contribution is -0.216. The largest absolute Gasteiger partial charge is 0.459 e. The summed E-state index contributed by atoms with van der Waals surface area (Å²) in [5.41, 5.74) is 0.535. The Kier molecular flexibility index (Phi) is 9.69. The molecule has 0 saturated carbocycles. The van der Waals surface area contributed by atoms with Crippen molar-refractivity contribution in [3.8, 4) is 0 Å². The molecule has 0 amide bonds. The molecule has 1 N–H and O–H groups in total. The van der Waals surface area contributed by atoms with Gasteiger partial charge in [-0.25, -0.2) is 14.4 Å². The van der Waals surface area contributed by atoms with Crippen molar-refractivity contribution < 1.29 is 52.1 Å². The zero-order valence-electron chi connectivity index (χ0n) is 22.3. The fraction of sp³-hybridized carbons (Fsp3) is 0.276. The van der Waals surface area contributed by atoms with Gasteiger partial charge in [-0.05, 0) is 36.4 Å². The predicted octanol–water partition coefficient (Wildman–Crippen LogP) is 3.87. The van der Waals surface area contributed by atoms with Crippen LogP contribution in [0.1, 0.15) is 31.1 Å². The second kappa shape index (κ2) is 13.2. The number of carbonyl (C=O) groups is 3. The summed E-state index contributed by atoms with van der Waals surface area (Å²) in [6.45, 7) is -0.521. The van der Waals surface area contributed by atoms with E-state index in [-0.39, 0.29) is 16.7 Å². The molecule has 1 unspecified atom stereocenters. The van der Waals surface area contributed by atoms with Gasteiger partial charge in [0.05, 0.1) is 16.7 Å². The van der Waals surface area contributed by atoms with Crippen molar-refractivity contribution in [2.24, 2.45) is 0 Å². The fourth-order valence-corrected chi connectivity index (χ4v) is 5.44. The Hall–Kier alpha value is -3.86. The number of aliphatic hydroxyl groups is 1. The monoisotopic (exact) mass is 584 g/mol. The summed E-state index contributed by atoms with van der Waals surface area (Å²) in [6.07, 6.45) is -5.40. The molecule has 1 heterocycles. The van der Waals surface area contributed by atoms with Crippen LogP contribution in [-0.4, -0.2) is 74.1 Å². The highest BCUT2D eigenvalue weighted by atomic mass is 31.2. The molecular weight excluding hydrogens is 555 g/mol. The van der Waals surface area contributed by atoms with E-state index in [1.54, 1.807) is 66.7 Å². The third-order valence-corrected chi connectivity index (χ3v) is 8.28. The van der Waals surface area contributed by atoms with Crippen molar-refractivity contribution in [2.75, 3.05) is 27.0 Å². The molecule has 0 aliphatic carbocycles. The molecular formula is C29H29O11P. The highest BCUT2D eigenvalue weighted by molar-refractivity contribution is 7.53. The smallest absolute Gasteiger partial charge is 0.338 e. The first kappa shape index (κ1) is 30.1. The van der Waals surface area contributed by atoms with Crippen molar-refractivity contribution in [3.05, 3.63) is 108 Å². The van der Waals surface area contributed by atoms with Crippen LogP contribution in [0.25, 0.3) is 0 Å². The van der Waals surface area contributed by atoms with Gasteiger partial charge in [-0.3, -0.25) is 4.57 Å². The summed E-state index contributed by atoms with van der Waals surface area (Å²) in [6, 6.07) is 23.9. The van der Waals surface area contributed by atoms with Gasteiger partial charge in [0, 0.05) is 14.2 Å². The molecule has 0 radical (unpaired) electrons. The molecule has 11 nitrogen and oxygen atoms in total. The Morgan fingerprint density at radius 3 is 1.66 bits per heavy atom. The van der Waals surface area contributed by atoms with Gasteiger partial charge in [0.2, 0.25) is 5.79 Å². The van der Waals surface area contributed by atoms with E-state index < -0.39 is 62.4 Å². The maximum Gasteiger partial charge on any atom is 0.338 e. The first-order valence-electron chi connectivity index (χ1n) is 12.5. The molecule has 1 fully saturated rings. The Morgan fingerprint density at radius 1 is 0.756 bits per heavy atom. The third-order valence-electron chi connectivity index (χ3n) is 6.33. The highest BCUT2D eigenvalue weighted by Gasteiger charge is 2.61. The van der Waals surface area contributed by atoms with Crippen molar-refractivity contribution in [2.45, 2.75) is 24.1 Å². The summed E-state index contributed by atoms with van der Waals surface area (Å²) in [7, 11) is -1.77. The van der Waals surface area contributed by atoms with Crippen LogP contribution in [0.3, 0.4) is 0 Å². The quantitative estimate of drug-likeness (QED) is 0.199. The number of carbonyl (C=O) groups excluding carboxylic acids is 3. The molecule has 0 spiro atoms. The summed E-state index contributed by atoms with van der Waals surface area (Å²) in [4.78, 5) is 38.9. The molecule has 1 aliphatic heterocycles. The van der Waals surface area contributed by atoms with Crippen molar-refractivity contribution >= 4 is 25.5 Å². The van der Waals surface area contributed by atoms with E-state index in [4.69, 9.17) is 28.0 Å². The second-order valence-corrected chi connectivity index (χ2v) is 11.3. The maximum atomic E-state index is 13.1. The number of benzene rings is 3. The van der Waals surface area contributed by atoms with E-state index in [0.29, 0.717) is 0 Å². The average molecular weight is 585 g/mol. The number of rotatable bonds is 11. The van der Waals surface area contributed by atoms with Crippen LogP contribution in [-0.2, 0) is 32.6 Å².